The Hall–Kier alpha value is -1.44. The first-order valence-electron chi connectivity index (χ1n) is 6.78. The van der Waals surface area contributed by atoms with Crippen LogP contribution in [0, 0.1) is 6.92 Å². The number of rotatable bonds is 4. The third-order valence-corrected chi connectivity index (χ3v) is 5.39. The molecular weight excluding hydrogens is 292 g/mol. The summed E-state index contributed by atoms with van der Waals surface area (Å²) in [7, 11) is -0.577. The summed E-state index contributed by atoms with van der Waals surface area (Å²) in [6, 6.07) is 4.86. The van der Waals surface area contributed by atoms with Gasteiger partial charge in [-0.2, -0.15) is 0 Å². The summed E-state index contributed by atoms with van der Waals surface area (Å²) in [5.41, 5.74) is 1.10. The van der Waals surface area contributed by atoms with E-state index in [1.54, 1.807) is 19.1 Å². The molecule has 0 aromatic heterocycles. The number of ether oxygens (including phenoxy) is 1. The van der Waals surface area contributed by atoms with Gasteiger partial charge in [0.15, 0.2) is 0 Å². The number of carbonyl (C=O) groups excluding carboxylic acids is 1. The molecule has 1 aliphatic heterocycles. The van der Waals surface area contributed by atoms with Crippen LogP contribution < -0.4 is 5.32 Å². The lowest BCUT2D eigenvalue weighted by Gasteiger charge is -2.16. The summed E-state index contributed by atoms with van der Waals surface area (Å²) in [6.07, 6.45) is 1.12. The molecule has 1 aromatic carbocycles. The van der Waals surface area contributed by atoms with E-state index < -0.39 is 16.1 Å². The Bertz CT molecular complexity index is 634. The van der Waals surface area contributed by atoms with Crippen LogP contribution in [0.2, 0.25) is 0 Å². The van der Waals surface area contributed by atoms with E-state index in [0.29, 0.717) is 24.3 Å². The monoisotopic (exact) mass is 312 g/mol. The number of hydrogen-bond donors (Lipinski definition) is 1. The first-order chi connectivity index (χ1) is 9.82. The van der Waals surface area contributed by atoms with Gasteiger partial charge in [0.2, 0.25) is 10.0 Å². The number of benzene rings is 1. The number of sulfonamides is 1. The highest BCUT2D eigenvalue weighted by atomic mass is 32.2. The van der Waals surface area contributed by atoms with E-state index in [4.69, 9.17) is 4.74 Å². The molecule has 21 heavy (non-hydrogen) atoms. The third-order valence-electron chi connectivity index (χ3n) is 3.44. The van der Waals surface area contributed by atoms with Gasteiger partial charge < -0.3 is 10.1 Å². The molecule has 0 unspecified atom stereocenters. The lowest BCUT2D eigenvalue weighted by molar-refractivity contribution is -0.124. The molecule has 1 amide bonds. The molecule has 2 rings (SSSR count). The molecule has 1 saturated heterocycles. The Morgan fingerprint density at radius 1 is 1.38 bits per heavy atom. The van der Waals surface area contributed by atoms with Crippen molar-refractivity contribution in [3.63, 3.8) is 0 Å². The second-order valence-electron chi connectivity index (χ2n) is 5.26. The first kappa shape index (κ1) is 15.9. The Morgan fingerprint density at radius 2 is 2.10 bits per heavy atom. The predicted octanol–water partition coefficient (Wildman–Crippen LogP) is 1.36. The van der Waals surface area contributed by atoms with Crippen LogP contribution in [-0.2, 0) is 19.6 Å². The van der Waals surface area contributed by atoms with Gasteiger partial charge in [0, 0.05) is 26.4 Å². The highest BCUT2D eigenvalue weighted by molar-refractivity contribution is 7.89. The number of hydrogen-bond acceptors (Lipinski definition) is 4. The molecule has 1 aliphatic rings. The van der Waals surface area contributed by atoms with Crippen LogP contribution in [0.1, 0.15) is 18.4 Å². The molecule has 0 bridgehead atoms. The van der Waals surface area contributed by atoms with Crippen molar-refractivity contribution in [3.05, 3.63) is 23.8 Å². The summed E-state index contributed by atoms with van der Waals surface area (Å²) >= 11 is 0. The fourth-order valence-corrected chi connectivity index (χ4v) is 3.30. The molecule has 1 fully saturated rings. The van der Waals surface area contributed by atoms with Crippen LogP contribution in [0.3, 0.4) is 0 Å². The highest BCUT2D eigenvalue weighted by Crippen LogP contribution is 2.23. The summed E-state index contributed by atoms with van der Waals surface area (Å²) in [5, 5.41) is 2.72. The van der Waals surface area contributed by atoms with Gasteiger partial charge in [0.25, 0.3) is 5.91 Å². The second kappa shape index (κ2) is 6.13. The highest BCUT2D eigenvalue weighted by Gasteiger charge is 2.25. The van der Waals surface area contributed by atoms with E-state index in [-0.39, 0.29) is 10.8 Å². The molecule has 0 radical (unpaired) electrons. The van der Waals surface area contributed by atoms with Crippen molar-refractivity contribution in [3.8, 4) is 0 Å². The molecule has 1 N–H and O–H groups in total. The van der Waals surface area contributed by atoms with Crippen molar-refractivity contribution in [2.45, 2.75) is 30.8 Å². The van der Waals surface area contributed by atoms with E-state index in [9.17, 15) is 13.2 Å². The quantitative estimate of drug-likeness (QED) is 0.911. The fourth-order valence-electron chi connectivity index (χ4n) is 2.16. The Kier molecular flexibility index (Phi) is 4.65. The average molecular weight is 312 g/mol. The van der Waals surface area contributed by atoms with Gasteiger partial charge in [-0.05, 0) is 37.5 Å². The molecule has 1 heterocycles. The van der Waals surface area contributed by atoms with Crippen LogP contribution in [0.25, 0.3) is 0 Å². The SMILES string of the molecule is Cc1ccc(NC(=O)[C@H]2CCCO2)cc1S(=O)(=O)N(C)C. The van der Waals surface area contributed by atoms with Gasteiger partial charge in [-0.1, -0.05) is 6.07 Å². The number of nitrogens with one attached hydrogen (secondary N) is 1. The van der Waals surface area contributed by atoms with E-state index in [1.807, 2.05) is 0 Å². The van der Waals surface area contributed by atoms with Crippen molar-refractivity contribution < 1.29 is 17.9 Å². The van der Waals surface area contributed by atoms with Gasteiger partial charge in [-0.15, -0.1) is 0 Å². The normalized spacial score (nSPS) is 19.0. The summed E-state index contributed by atoms with van der Waals surface area (Å²) in [6.45, 7) is 2.31. The summed E-state index contributed by atoms with van der Waals surface area (Å²) in [4.78, 5) is 12.2. The Morgan fingerprint density at radius 3 is 2.67 bits per heavy atom. The molecule has 6 nitrogen and oxygen atoms in total. The van der Waals surface area contributed by atoms with Gasteiger partial charge in [0.1, 0.15) is 6.10 Å². The predicted molar refractivity (Wildman–Crippen MR) is 79.7 cm³/mol. The van der Waals surface area contributed by atoms with Crippen LogP contribution in [-0.4, -0.2) is 45.4 Å². The van der Waals surface area contributed by atoms with Crippen molar-refractivity contribution in [2.75, 3.05) is 26.0 Å². The molecule has 0 spiro atoms. The summed E-state index contributed by atoms with van der Waals surface area (Å²) < 4.78 is 30.9. The minimum atomic E-state index is -3.53. The lowest BCUT2D eigenvalue weighted by atomic mass is 10.2. The van der Waals surface area contributed by atoms with Gasteiger partial charge in [0.05, 0.1) is 4.90 Å². The van der Waals surface area contributed by atoms with Gasteiger partial charge in [-0.25, -0.2) is 12.7 Å². The van der Waals surface area contributed by atoms with Crippen molar-refractivity contribution in [1.82, 2.24) is 4.31 Å². The zero-order chi connectivity index (χ0) is 15.6. The topological polar surface area (TPSA) is 75.7 Å². The molecule has 7 heteroatoms. The second-order valence-corrected chi connectivity index (χ2v) is 7.38. The van der Waals surface area contributed by atoms with E-state index in [0.717, 1.165) is 10.7 Å². The maximum absolute atomic E-state index is 12.2. The molecule has 1 aromatic rings. The lowest BCUT2D eigenvalue weighted by Crippen LogP contribution is -2.27. The fraction of sp³-hybridized carbons (Fsp3) is 0.500. The van der Waals surface area contributed by atoms with Gasteiger partial charge >= 0.3 is 0 Å². The van der Waals surface area contributed by atoms with Crippen LogP contribution in [0.15, 0.2) is 23.1 Å². The zero-order valence-corrected chi connectivity index (χ0v) is 13.2. The largest absolute Gasteiger partial charge is 0.368 e. The number of nitrogens with zero attached hydrogens (tertiary/aromatic N) is 1. The minimum Gasteiger partial charge on any atom is -0.368 e. The Balaban J connectivity index is 2.24. The van der Waals surface area contributed by atoms with Crippen molar-refractivity contribution in [2.24, 2.45) is 0 Å². The van der Waals surface area contributed by atoms with Gasteiger partial charge in [-0.3, -0.25) is 4.79 Å². The number of anilines is 1. The Labute approximate surface area is 125 Å². The van der Waals surface area contributed by atoms with Crippen LogP contribution in [0.5, 0.6) is 0 Å². The third kappa shape index (κ3) is 3.42. The zero-order valence-electron chi connectivity index (χ0n) is 12.4. The number of carbonyl (C=O) groups is 1. The van der Waals surface area contributed by atoms with E-state index >= 15 is 0 Å². The van der Waals surface area contributed by atoms with Crippen LogP contribution in [0.4, 0.5) is 5.69 Å². The van der Waals surface area contributed by atoms with Crippen molar-refractivity contribution in [1.29, 1.82) is 0 Å². The molecular formula is C14H20N2O4S. The molecule has 116 valence electrons. The molecule has 0 aliphatic carbocycles. The van der Waals surface area contributed by atoms with Crippen molar-refractivity contribution >= 4 is 21.6 Å². The summed E-state index contributed by atoms with van der Waals surface area (Å²) in [5.74, 6) is -0.232. The average Bonchev–Trinajstić information content (AvgIpc) is 2.94. The molecule has 1 atom stereocenters. The number of aryl methyl sites for hydroxylation is 1. The maximum Gasteiger partial charge on any atom is 0.253 e. The molecule has 0 saturated carbocycles. The van der Waals surface area contributed by atoms with Crippen LogP contribution >= 0.6 is 0 Å². The smallest absolute Gasteiger partial charge is 0.253 e. The van der Waals surface area contributed by atoms with E-state index in [1.165, 1.54) is 20.2 Å². The maximum atomic E-state index is 12.2. The van der Waals surface area contributed by atoms with E-state index in [2.05, 4.69) is 5.32 Å². The first-order valence-corrected chi connectivity index (χ1v) is 8.22. The minimum absolute atomic E-state index is 0.192. The standard InChI is InChI=1S/C14H20N2O4S/c1-10-6-7-11(9-13(10)21(18,19)16(2)3)15-14(17)12-5-4-8-20-12/h6-7,9,12H,4-5,8H2,1-3H3,(H,15,17)/t12-/m1/s1. The number of amides is 1.